The number of nitrogens with zero attached hydrogens (tertiary/aromatic N) is 4. The summed E-state index contributed by atoms with van der Waals surface area (Å²) in [6.07, 6.45) is 4.19. The highest BCUT2D eigenvalue weighted by molar-refractivity contribution is 7.99. The molecule has 10 heteroatoms. The van der Waals surface area contributed by atoms with E-state index in [-0.39, 0.29) is 0 Å². The van der Waals surface area contributed by atoms with Gasteiger partial charge in [-0.3, -0.25) is 0 Å². The molecule has 1 fully saturated rings. The quantitative estimate of drug-likeness (QED) is 0.109. The molecule has 1 aliphatic rings. The van der Waals surface area contributed by atoms with Gasteiger partial charge in [-0.25, -0.2) is 19.9 Å². The van der Waals surface area contributed by atoms with Crippen molar-refractivity contribution in [3.05, 3.63) is 96.3 Å². The van der Waals surface area contributed by atoms with E-state index in [4.69, 9.17) is 16.5 Å². The second-order valence-electron chi connectivity index (χ2n) is 9.36. The van der Waals surface area contributed by atoms with E-state index in [9.17, 15) is 0 Å². The van der Waals surface area contributed by atoms with E-state index in [2.05, 4.69) is 68.9 Å². The lowest BCUT2D eigenvalue weighted by molar-refractivity contribution is 0.339. The molecule has 42 heavy (non-hydrogen) atoms. The van der Waals surface area contributed by atoms with Crippen molar-refractivity contribution in [2.75, 3.05) is 48.3 Å². The van der Waals surface area contributed by atoms with Gasteiger partial charge >= 0.3 is 0 Å². The standard InChI is InChI=1S/C18H24N4S.C8H14N4S.C6H6/c1-2-20-18-21-16(12-17(22-18)23-11-10-19)15-9-8-14(15)13-6-4-3-5-7-13;1-2-10-8-11-5-3-7(12-8)13-6-4-9;1-2-4-6-5-3-1/h3-7,12,14-15H,2,8-11,19H2,1H3,(H,20,21,22);3,5H,2,4,6,9H2,1H3,(H,10,11,12);1-6H/t14?,15-;;/m0../s1. The van der Waals surface area contributed by atoms with E-state index in [1.807, 2.05) is 49.4 Å². The van der Waals surface area contributed by atoms with Crippen LogP contribution in [-0.4, -0.2) is 57.6 Å². The van der Waals surface area contributed by atoms with Gasteiger partial charge in [0.05, 0.1) is 5.69 Å². The normalized spacial score (nSPS) is 15.2. The van der Waals surface area contributed by atoms with Crippen molar-refractivity contribution in [1.82, 2.24) is 19.9 Å². The number of thioether (sulfide) groups is 2. The van der Waals surface area contributed by atoms with E-state index < -0.39 is 0 Å². The van der Waals surface area contributed by atoms with Crippen LogP contribution < -0.4 is 22.1 Å². The number of nitrogens with two attached hydrogens (primary N) is 2. The van der Waals surface area contributed by atoms with Crippen LogP contribution in [0.2, 0.25) is 0 Å². The van der Waals surface area contributed by atoms with E-state index in [0.717, 1.165) is 46.3 Å². The number of nitrogens with one attached hydrogen (secondary N) is 2. The van der Waals surface area contributed by atoms with Crippen LogP contribution in [0.5, 0.6) is 0 Å². The number of aromatic nitrogens is 4. The van der Waals surface area contributed by atoms with Crippen molar-refractivity contribution in [3.8, 4) is 0 Å². The lowest BCUT2D eigenvalue weighted by atomic mass is 9.68. The molecule has 2 aromatic heterocycles. The van der Waals surface area contributed by atoms with Crippen LogP contribution in [0.1, 0.15) is 49.8 Å². The minimum atomic E-state index is 0.495. The van der Waals surface area contributed by atoms with Gasteiger partial charge in [-0.1, -0.05) is 66.7 Å². The number of hydrogen-bond acceptors (Lipinski definition) is 10. The molecule has 2 heterocycles. The summed E-state index contributed by atoms with van der Waals surface area (Å²) in [5, 5.41) is 8.31. The molecule has 5 rings (SSSR count). The molecule has 1 saturated carbocycles. The molecule has 2 atom stereocenters. The number of benzene rings is 2. The molecular weight excluding hydrogens is 561 g/mol. The first-order valence-corrected chi connectivity index (χ1v) is 16.6. The Hall–Kier alpha value is -3.18. The summed E-state index contributed by atoms with van der Waals surface area (Å²) in [6, 6.07) is 26.8. The van der Waals surface area contributed by atoms with Gasteiger partial charge in [0.25, 0.3) is 0 Å². The van der Waals surface area contributed by atoms with E-state index in [1.54, 1.807) is 29.7 Å². The lowest BCUT2D eigenvalue weighted by Crippen LogP contribution is -2.23. The highest BCUT2D eigenvalue weighted by atomic mass is 32.2. The Bertz CT molecular complexity index is 1240. The first-order valence-electron chi connectivity index (χ1n) is 14.6. The van der Waals surface area contributed by atoms with E-state index in [0.29, 0.717) is 30.9 Å². The molecule has 0 aliphatic heterocycles. The molecule has 4 aromatic rings. The zero-order valence-corrected chi connectivity index (χ0v) is 26.3. The summed E-state index contributed by atoms with van der Waals surface area (Å²) in [7, 11) is 0. The fraction of sp³-hybridized carbons (Fsp3) is 0.375. The maximum atomic E-state index is 5.63. The van der Waals surface area contributed by atoms with Gasteiger partial charge in [-0.2, -0.15) is 0 Å². The summed E-state index contributed by atoms with van der Waals surface area (Å²) < 4.78 is 0. The fourth-order valence-electron chi connectivity index (χ4n) is 4.27. The molecule has 224 valence electrons. The Balaban J connectivity index is 0.000000212. The van der Waals surface area contributed by atoms with Crippen molar-refractivity contribution in [2.45, 2.75) is 48.6 Å². The highest BCUT2D eigenvalue weighted by Gasteiger charge is 2.34. The monoisotopic (exact) mass is 604 g/mol. The largest absolute Gasteiger partial charge is 0.354 e. The number of hydrogen-bond donors (Lipinski definition) is 4. The van der Waals surface area contributed by atoms with Crippen LogP contribution in [-0.2, 0) is 0 Å². The molecular formula is C32H44N8S2. The van der Waals surface area contributed by atoms with Crippen molar-refractivity contribution < 1.29 is 0 Å². The second kappa shape index (κ2) is 19.9. The Kier molecular flexibility index (Phi) is 15.8. The first-order chi connectivity index (χ1) is 20.7. The van der Waals surface area contributed by atoms with Crippen LogP contribution >= 0.6 is 23.5 Å². The Morgan fingerprint density at radius 1 is 0.690 bits per heavy atom. The van der Waals surface area contributed by atoms with Crippen LogP contribution in [0, 0.1) is 0 Å². The summed E-state index contributed by atoms with van der Waals surface area (Å²) >= 11 is 3.35. The second-order valence-corrected chi connectivity index (χ2v) is 11.6. The number of rotatable bonds is 12. The molecule has 0 radical (unpaired) electrons. The van der Waals surface area contributed by atoms with Gasteiger partial charge in [-0.15, -0.1) is 23.5 Å². The van der Waals surface area contributed by atoms with Crippen LogP contribution in [0.4, 0.5) is 11.9 Å². The molecule has 0 bridgehead atoms. The van der Waals surface area contributed by atoms with Gasteiger partial charge in [0, 0.05) is 49.8 Å². The predicted octanol–water partition coefficient (Wildman–Crippen LogP) is 6.27. The minimum absolute atomic E-state index is 0.495. The first kappa shape index (κ1) is 33.3. The molecule has 2 aromatic carbocycles. The van der Waals surface area contributed by atoms with Gasteiger partial charge < -0.3 is 22.1 Å². The van der Waals surface area contributed by atoms with Crippen LogP contribution in [0.25, 0.3) is 0 Å². The molecule has 8 nitrogen and oxygen atoms in total. The number of anilines is 2. The van der Waals surface area contributed by atoms with Crippen molar-refractivity contribution in [1.29, 1.82) is 0 Å². The maximum Gasteiger partial charge on any atom is 0.223 e. The zero-order chi connectivity index (χ0) is 29.8. The van der Waals surface area contributed by atoms with E-state index in [1.165, 1.54) is 18.4 Å². The van der Waals surface area contributed by atoms with Crippen molar-refractivity contribution in [3.63, 3.8) is 0 Å². The molecule has 1 aliphatic carbocycles. The highest BCUT2D eigenvalue weighted by Crippen LogP contribution is 2.48. The van der Waals surface area contributed by atoms with Gasteiger partial charge in [0.2, 0.25) is 11.9 Å². The maximum absolute atomic E-state index is 5.63. The van der Waals surface area contributed by atoms with Crippen LogP contribution in [0.3, 0.4) is 0 Å². The van der Waals surface area contributed by atoms with Crippen LogP contribution in [0.15, 0.2) is 95.1 Å². The average molecular weight is 605 g/mol. The lowest BCUT2D eigenvalue weighted by Gasteiger charge is -2.37. The van der Waals surface area contributed by atoms with Crippen molar-refractivity contribution >= 4 is 35.4 Å². The van der Waals surface area contributed by atoms with Crippen molar-refractivity contribution in [2.24, 2.45) is 11.5 Å². The van der Waals surface area contributed by atoms with Gasteiger partial charge in [0.15, 0.2) is 0 Å². The SMILES string of the molecule is CCNc1nc(SCCN)cc([C@H]2CCC2c2ccccc2)n1.CCNc1nccc(SCCN)n1.c1ccccc1. The van der Waals surface area contributed by atoms with Gasteiger partial charge in [-0.05, 0) is 50.3 Å². The third kappa shape index (κ3) is 11.6. The topological polar surface area (TPSA) is 128 Å². The molecule has 0 spiro atoms. The summed E-state index contributed by atoms with van der Waals surface area (Å²) in [4.78, 5) is 17.7. The van der Waals surface area contributed by atoms with E-state index >= 15 is 0 Å². The molecule has 6 N–H and O–H groups in total. The Morgan fingerprint density at radius 3 is 1.81 bits per heavy atom. The third-order valence-electron chi connectivity index (χ3n) is 6.31. The molecule has 0 saturated heterocycles. The smallest absolute Gasteiger partial charge is 0.223 e. The predicted molar refractivity (Wildman–Crippen MR) is 180 cm³/mol. The summed E-state index contributed by atoms with van der Waals surface area (Å²) in [5.74, 6) is 4.27. The zero-order valence-electron chi connectivity index (χ0n) is 24.7. The molecule has 0 amide bonds. The summed E-state index contributed by atoms with van der Waals surface area (Å²) in [6.45, 7) is 7.09. The third-order valence-corrected chi connectivity index (χ3v) is 8.21. The molecule has 1 unspecified atom stereocenters. The Labute approximate surface area is 259 Å². The Morgan fingerprint density at radius 2 is 1.24 bits per heavy atom. The fourth-order valence-corrected chi connectivity index (χ4v) is 5.59. The minimum Gasteiger partial charge on any atom is -0.354 e. The summed E-state index contributed by atoms with van der Waals surface area (Å²) in [5.41, 5.74) is 13.6. The average Bonchev–Trinajstić information content (AvgIpc) is 3.01. The van der Waals surface area contributed by atoms with Gasteiger partial charge in [0.1, 0.15) is 10.1 Å².